The highest BCUT2D eigenvalue weighted by molar-refractivity contribution is 5.88. The van der Waals surface area contributed by atoms with Gasteiger partial charge in [-0.05, 0) is 25.2 Å². The summed E-state index contributed by atoms with van der Waals surface area (Å²) < 4.78 is 5.47. The molecule has 1 aliphatic rings. The van der Waals surface area contributed by atoms with Crippen molar-refractivity contribution >= 4 is 5.97 Å². The molecule has 1 heterocycles. The summed E-state index contributed by atoms with van der Waals surface area (Å²) in [5.74, 6) is 0.464. The first-order chi connectivity index (χ1) is 7.79. The van der Waals surface area contributed by atoms with Crippen molar-refractivity contribution in [1.29, 1.82) is 0 Å². The normalized spacial score (nSPS) is 25.3. The van der Waals surface area contributed by atoms with Crippen LogP contribution in [0.15, 0.2) is 12.4 Å². The molecule has 1 N–H and O–H groups in total. The highest BCUT2D eigenvalue weighted by atomic mass is 16.5. The number of nitrogens with zero attached hydrogens (tertiary/aromatic N) is 1. The lowest BCUT2D eigenvalue weighted by molar-refractivity contribution is 0.0140. The maximum atomic E-state index is 11.7. The predicted molar refractivity (Wildman–Crippen MR) is 60.0 cm³/mol. The number of carbonyl (C=O) groups is 1. The summed E-state index contributed by atoms with van der Waals surface area (Å²) >= 11 is 0. The lowest BCUT2D eigenvalue weighted by Gasteiger charge is -2.27. The Morgan fingerprint density at radius 1 is 1.62 bits per heavy atom. The van der Waals surface area contributed by atoms with E-state index >= 15 is 0 Å². The van der Waals surface area contributed by atoms with Gasteiger partial charge < -0.3 is 4.74 Å². The fraction of sp³-hybridized carbons (Fsp3) is 0.667. The summed E-state index contributed by atoms with van der Waals surface area (Å²) in [4.78, 5) is 11.7. The Morgan fingerprint density at radius 2 is 2.50 bits per heavy atom. The van der Waals surface area contributed by atoms with Gasteiger partial charge in [0.1, 0.15) is 6.10 Å². The third-order valence-electron chi connectivity index (χ3n) is 3.32. The van der Waals surface area contributed by atoms with E-state index in [1.54, 1.807) is 6.20 Å². The number of hydrogen-bond donors (Lipinski definition) is 1. The van der Waals surface area contributed by atoms with Crippen LogP contribution in [0.4, 0.5) is 0 Å². The number of rotatable bonds is 3. The summed E-state index contributed by atoms with van der Waals surface area (Å²) in [6.07, 6.45) is 8.81. The van der Waals surface area contributed by atoms with Gasteiger partial charge >= 0.3 is 5.97 Å². The van der Waals surface area contributed by atoms with Crippen molar-refractivity contribution in [1.82, 2.24) is 10.2 Å². The monoisotopic (exact) mass is 222 g/mol. The van der Waals surface area contributed by atoms with Crippen LogP contribution >= 0.6 is 0 Å². The van der Waals surface area contributed by atoms with Crippen molar-refractivity contribution in [3.8, 4) is 0 Å². The third-order valence-corrected chi connectivity index (χ3v) is 3.32. The van der Waals surface area contributed by atoms with Gasteiger partial charge in [0.25, 0.3) is 0 Å². The van der Waals surface area contributed by atoms with Crippen LogP contribution in [-0.4, -0.2) is 22.3 Å². The molecule has 1 aliphatic carbocycles. The fourth-order valence-electron chi connectivity index (χ4n) is 2.30. The molecule has 0 aliphatic heterocycles. The van der Waals surface area contributed by atoms with Crippen LogP contribution in [0.3, 0.4) is 0 Å². The van der Waals surface area contributed by atoms with E-state index in [0.29, 0.717) is 5.56 Å². The molecule has 0 bridgehead atoms. The minimum absolute atomic E-state index is 0.0982. The van der Waals surface area contributed by atoms with Gasteiger partial charge in [-0.2, -0.15) is 5.10 Å². The lowest BCUT2D eigenvalue weighted by atomic mass is 9.85. The molecule has 0 amide bonds. The topological polar surface area (TPSA) is 55.0 Å². The fourth-order valence-corrected chi connectivity index (χ4v) is 2.30. The lowest BCUT2D eigenvalue weighted by Crippen LogP contribution is -2.25. The van der Waals surface area contributed by atoms with E-state index in [0.717, 1.165) is 18.8 Å². The second kappa shape index (κ2) is 5.14. The minimum atomic E-state index is -0.254. The summed E-state index contributed by atoms with van der Waals surface area (Å²) in [6, 6.07) is 0. The zero-order chi connectivity index (χ0) is 11.4. The van der Waals surface area contributed by atoms with Gasteiger partial charge in [-0.1, -0.05) is 19.8 Å². The molecule has 2 rings (SSSR count). The summed E-state index contributed by atoms with van der Waals surface area (Å²) in [7, 11) is 0. The molecule has 0 unspecified atom stereocenters. The van der Waals surface area contributed by atoms with Gasteiger partial charge in [-0.15, -0.1) is 0 Å². The molecule has 1 aromatic heterocycles. The van der Waals surface area contributed by atoms with Crippen LogP contribution in [0.25, 0.3) is 0 Å². The highest BCUT2D eigenvalue weighted by Crippen LogP contribution is 2.28. The van der Waals surface area contributed by atoms with E-state index in [2.05, 4.69) is 17.1 Å². The number of carbonyl (C=O) groups excluding carboxylic acids is 1. The van der Waals surface area contributed by atoms with E-state index in [4.69, 9.17) is 4.74 Å². The van der Waals surface area contributed by atoms with Crippen molar-refractivity contribution in [2.24, 2.45) is 5.92 Å². The van der Waals surface area contributed by atoms with Gasteiger partial charge in [0.05, 0.1) is 11.8 Å². The molecule has 16 heavy (non-hydrogen) atoms. The predicted octanol–water partition coefficient (Wildman–Crippen LogP) is 2.54. The smallest absolute Gasteiger partial charge is 0.341 e. The molecule has 0 spiro atoms. The van der Waals surface area contributed by atoms with E-state index in [1.807, 2.05) is 0 Å². The standard InChI is InChI=1S/C12H18N2O2/c1-2-9-4-3-5-11(6-9)16-12(15)10-7-13-14-8-10/h7-9,11H,2-6H2,1H3,(H,13,14)/t9-,11+/m0/s1. The Labute approximate surface area is 95.4 Å². The van der Waals surface area contributed by atoms with Crippen LogP contribution in [0.1, 0.15) is 49.4 Å². The molecule has 4 nitrogen and oxygen atoms in total. The van der Waals surface area contributed by atoms with Gasteiger partial charge in [0, 0.05) is 6.20 Å². The molecule has 4 heteroatoms. The Hall–Kier alpha value is -1.32. The summed E-state index contributed by atoms with van der Waals surface area (Å²) in [6.45, 7) is 2.20. The molecule has 1 fully saturated rings. The van der Waals surface area contributed by atoms with Crippen molar-refractivity contribution in [3.63, 3.8) is 0 Å². The molecule has 0 aromatic carbocycles. The van der Waals surface area contributed by atoms with Crippen molar-refractivity contribution < 1.29 is 9.53 Å². The Morgan fingerprint density at radius 3 is 3.19 bits per heavy atom. The maximum absolute atomic E-state index is 11.7. The number of aromatic nitrogens is 2. The number of hydrogen-bond acceptors (Lipinski definition) is 3. The van der Waals surface area contributed by atoms with Gasteiger partial charge in [0.2, 0.25) is 0 Å². The zero-order valence-electron chi connectivity index (χ0n) is 9.61. The molecule has 1 aromatic rings. The molecule has 0 radical (unpaired) electrons. The largest absolute Gasteiger partial charge is 0.459 e. The van der Waals surface area contributed by atoms with Crippen LogP contribution in [0.5, 0.6) is 0 Å². The number of H-pyrrole nitrogens is 1. The Balaban J connectivity index is 1.87. The van der Waals surface area contributed by atoms with Gasteiger partial charge in [0.15, 0.2) is 0 Å². The zero-order valence-corrected chi connectivity index (χ0v) is 9.61. The van der Waals surface area contributed by atoms with Crippen LogP contribution in [-0.2, 0) is 4.74 Å². The minimum Gasteiger partial charge on any atom is -0.459 e. The highest BCUT2D eigenvalue weighted by Gasteiger charge is 2.24. The second-order valence-electron chi connectivity index (χ2n) is 4.46. The number of esters is 1. The molecular formula is C12H18N2O2. The Kier molecular flexibility index (Phi) is 3.59. The number of ether oxygens (including phenoxy) is 1. The third kappa shape index (κ3) is 2.62. The average Bonchev–Trinajstić information content (AvgIpc) is 2.83. The van der Waals surface area contributed by atoms with E-state index in [9.17, 15) is 4.79 Å². The summed E-state index contributed by atoms with van der Waals surface area (Å²) in [5.41, 5.74) is 0.513. The molecule has 1 saturated carbocycles. The van der Waals surface area contributed by atoms with E-state index in [1.165, 1.54) is 25.5 Å². The molecular weight excluding hydrogens is 204 g/mol. The van der Waals surface area contributed by atoms with Crippen LogP contribution in [0.2, 0.25) is 0 Å². The van der Waals surface area contributed by atoms with Crippen LogP contribution < -0.4 is 0 Å². The second-order valence-corrected chi connectivity index (χ2v) is 4.46. The van der Waals surface area contributed by atoms with E-state index in [-0.39, 0.29) is 12.1 Å². The maximum Gasteiger partial charge on any atom is 0.341 e. The SMILES string of the molecule is CC[C@H]1CCC[C@@H](OC(=O)c2cn[nH]c2)C1. The molecule has 0 saturated heterocycles. The molecule has 2 atom stereocenters. The first-order valence-electron chi connectivity index (χ1n) is 5.99. The van der Waals surface area contributed by atoms with E-state index < -0.39 is 0 Å². The number of nitrogens with one attached hydrogen (secondary N) is 1. The quantitative estimate of drug-likeness (QED) is 0.799. The van der Waals surface area contributed by atoms with Crippen molar-refractivity contribution in [2.75, 3.05) is 0 Å². The first kappa shape index (κ1) is 11.2. The van der Waals surface area contributed by atoms with Gasteiger partial charge in [-0.3, -0.25) is 5.10 Å². The average molecular weight is 222 g/mol. The van der Waals surface area contributed by atoms with Crippen LogP contribution in [0, 0.1) is 5.92 Å². The molecule has 88 valence electrons. The first-order valence-corrected chi connectivity index (χ1v) is 5.99. The Bertz CT molecular complexity index is 335. The number of aromatic amines is 1. The summed E-state index contributed by atoms with van der Waals surface area (Å²) in [5, 5.41) is 6.36. The van der Waals surface area contributed by atoms with Crippen molar-refractivity contribution in [3.05, 3.63) is 18.0 Å². The van der Waals surface area contributed by atoms with Gasteiger partial charge in [-0.25, -0.2) is 4.79 Å². The van der Waals surface area contributed by atoms with Crippen molar-refractivity contribution in [2.45, 2.75) is 45.1 Å².